The molecule has 0 aliphatic rings. The van der Waals surface area contributed by atoms with Crippen LogP contribution in [0.1, 0.15) is 31.4 Å². The van der Waals surface area contributed by atoms with Crippen LogP contribution in [0.25, 0.3) is 10.9 Å². The topological polar surface area (TPSA) is 52.5 Å². The molecule has 0 aliphatic carbocycles. The number of fused-ring (bicyclic) bond motifs is 1. The van der Waals surface area contributed by atoms with E-state index in [9.17, 15) is 4.79 Å². The number of hydrogen-bond donors (Lipinski definition) is 1. The van der Waals surface area contributed by atoms with Crippen molar-refractivity contribution in [3.63, 3.8) is 0 Å². The van der Waals surface area contributed by atoms with Crippen molar-refractivity contribution in [3.8, 4) is 11.5 Å². The maximum Gasteiger partial charge on any atom is 0.220 e. The third-order valence-electron chi connectivity index (χ3n) is 4.94. The second-order valence-corrected chi connectivity index (χ2v) is 7.03. The summed E-state index contributed by atoms with van der Waals surface area (Å²) in [5.41, 5.74) is 3.53. The molecule has 0 radical (unpaired) electrons. The van der Waals surface area contributed by atoms with Crippen LogP contribution in [0.4, 0.5) is 0 Å². The number of ether oxygens (including phenoxy) is 2. The summed E-state index contributed by atoms with van der Waals surface area (Å²) in [5, 5.41) is 4.25. The van der Waals surface area contributed by atoms with Gasteiger partial charge in [0.05, 0.1) is 13.2 Å². The summed E-state index contributed by atoms with van der Waals surface area (Å²) in [7, 11) is 2.04. The molecule has 1 heterocycles. The molecule has 3 aromatic rings. The molecule has 0 atom stereocenters. The van der Waals surface area contributed by atoms with Gasteiger partial charge in [-0.15, -0.1) is 0 Å². The molecule has 0 saturated heterocycles. The van der Waals surface area contributed by atoms with Crippen molar-refractivity contribution in [2.45, 2.75) is 33.1 Å². The third-order valence-corrected chi connectivity index (χ3v) is 4.94. The molecular weight excluding hydrogens is 364 g/mol. The minimum atomic E-state index is 0.0777. The molecule has 1 amide bonds. The molecule has 3 rings (SSSR count). The molecule has 29 heavy (non-hydrogen) atoms. The number of carbonyl (C=O) groups excluding carboxylic acids is 1. The van der Waals surface area contributed by atoms with E-state index < -0.39 is 0 Å². The monoisotopic (exact) mass is 394 g/mol. The van der Waals surface area contributed by atoms with Gasteiger partial charge < -0.3 is 19.4 Å². The highest BCUT2D eigenvalue weighted by molar-refractivity contribution is 5.84. The average molecular weight is 395 g/mol. The molecule has 0 spiro atoms. The Labute approximate surface area is 172 Å². The predicted octanol–water partition coefficient (Wildman–Crippen LogP) is 4.27. The SMILES string of the molecule is CCOc1ccc(CCNC(=O)CCc2cn(C)c3ccccc23)cc1OCC. The van der Waals surface area contributed by atoms with E-state index in [0.717, 1.165) is 29.9 Å². The second-order valence-electron chi connectivity index (χ2n) is 7.03. The first kappa shape index (κ1) is 20.8. The van der Waals surface area contributed by atoms with Crippen molar-refractivity contribution < 1.29 is 14.3 Å². The molecule has 2 aromatic carbocycles. The maximum atomic E-state index is 12.3. The van der Waals surface area contributed by atoms with E-state index >= 15 is 0 Å². The number of para-hydroxylation sites is 1. The van der Waals surface area contributed by atoms with Crippen LogP contribution in [0, 0.1) is 0 Å². The van der Waals surface area contributed by atoms with Gasteiger partial charge in [-0.2, -0.15) is 0 Å². The lowest BCUT2D eigenvalue weighted by molar-refractivity contribution is -0.121. The summed E-state index contributed by atoms with van der Waals surface area (Å²) in [4.78, 5) is 12.3. The van der Waals surface area contributed by atoms with Crippen LogP contribution in [0.3, 0.4) is 0 Å². The van der Waals surface area contributed by atoms with Crippen LogP contribution in [0.5, 0.6) is 11.5 Å². The molecule has 5 heteroatoms. The van der Waals surface area contributed by atoms with Crippen molar-refractivity contribution in [3.05, 3.63) is 59.8 Å². The van der Waals surface area contributed by atoms with Crippen molar-refractivity contribution in [1.29, 1.82) is 0 Å². The number of hydrogen-bond acceptors (Lipinski definition) is 3. The second kappa shape index (κ2) is 10.0. The van der Waals surface area contributed by atoms with Crippen molar-refractivity contribution >= 4 is 16.8 Å². The van der Waals surface area contributed by atoms with Crippen LogP contribution in [-0.2, 0) is 24.7 Å². The zero-order valence-electron chi connectivity index (χ0n) is 17.5. The van der Waals surface area contributed by atoms with Gasteiger partial charge in [0.15, 0.2) is 11.5 Å². The minimum absolute atomic E-state index is 0.0777. The lowest BCUT2D eigenvalue weighted by atomic mass is 10.1. The number of rotatable bonds is 10. The number of nitrogens with one attached hydrogen (secondary N) is 1. The Morgan fingerprint density at radius 1 is 1.00 bits per heavy atom. The summed E-state index contributed by atoms with van der Waals surface area (Å²) in [6.45, 7) is 5.71. The average Bonchev–Trinajstić information content (AvgIpc) is 3.05. The Morgan fingerprint density at radius 3 is 2.55 bits per heavy atom. The van der Waals surface area contributed by atoms with Gasteiger partial charge in [0, 0.05) is 37.1 Å². The highest BCUT2D eigenvalue weighted by atomic mass is 16.5. The van der Waals surface area contributed by atoms with Crippen molar-refractivity contribution in [1.82, 2.24) is 9.88 Å². The first-order chi connectivity index (χ1) is 14.1. The van der Waals surface area contributed by atoms with E-state index in [2.05, 4.69) is 28.2 Å². The number of carbonyl (C=O) groups is 1. The number of aryl methyl sites for hydroxylation is 2. The zero-order chi connectivity index (χ0) is 20.6. The Balaban J connectivity index is 1.50. The van der Waals surface area contributed by atoms with E-state index in [4.69, 9.17) is 9.47 Å². The van der Waals surface area contributed by atoms with Crippen LogP contribution in [0.15, 0.2) is 48.7 Å². The lowest BCUT2D eigenvalue weighted by Crippen LogP contribution is -2.25. The first-order valence-electron chi connectivity index (χ1n) is 10.3. The number of aromatic nitrogens is 1. The minimum Gasteiger partial charge on any atom is -0.490 e. The molecule has 5 nitrogen and oxygen atoms in total. The van der Waals surface area contributed by atoms with Crippen molar-refractivity contribution in [2.24, 2.45) is 7.05 Å². The van der Waals surface area contributed by atoms with Gasteiger partial charge in [-0.1, -0.05) is 24.3 Å². The molecule has 0 fully saturated rings. The highest BCUT2D eigenvalue weighted by Gasteiger charge is 2.09. The van der Waals surface area contributed by atoms with Crippen LogP contribution in [-0.4, -0.2) is 30.2 Å². The zero-order valence-corrected chi connectivity index (χ0v) is 17.5. The quantitative estimate of drug-likeness (QED) is 0.559. The van der Waals surface area contributed by atoms with E-state index in [0.29, 0.717) is 26.2 Å². The molecule has 0 unspecified atom stereocenters. The van der Waals surface area contributed by atoms with E-state index in [-0.39, 0.29) is 5.91 Å². The molecular formula is C24H30N2O3. The maximum absolute atomic E-state index is 12.3. The van der Waals surface area contributed by atoms with Gasteiger partial charge in [0.2, 0.25) is 5.91 Å². The van der Waals surface area contributed by atoms with Gasteiger partial charge >= 0.3 is 0 Å². The van der Waals surface area contributed by atoms with Crippen molar-refractivity contribution in [2.75, 3.05) is 19.8 Å². The van der Waals surface area contributed by atoms with Gasteiger partial charge in [-0.05, 0) is 56.0 Å². The summed E-state index contributed by atoms with van der Waals surface area (Å²) >= 11 is 0. The summed E-state index contributed by atoms with van der Waals surface area (Å²) in [5.74, 6) is 1.60. The Bertz CT molecular complexity index is 962. The van der Waals surface area contributed by atoms with E-state index in [1.807, 2.05) is 51.2 Å². The Kier molecular flexibility index (Phi) is 7.17. The predicted molar refractivity (Wildman–Crippen MR) is 117 cm³/mol. The van der Waals surface area contributed by atoms with Crippen LogP contribution >= 0.6 is 0 Å². The third kappa shape index (κ3) is 5.31. The summed E-state index contributed by atoms with van der Waals surface area (Å²) < 4.78 is 13.4. The standard InChI is InChI=1S/C24H30N2O3/c1-4-28-22-12-10-18(16-23(22)29-5-2)14-15-25-24(27)13-11-19-17-26(3)21-9-7-6-8-20(19)21/h6-10,12,16-17H,4-5,11,13-15H2,1-3H3,(H,25,27). The van der Waals surface area contributed by atoms with Crippen LogP contribution < -0.4 is 14.8 Å². The fraction of sp³-hybridized carbons (Fsp3) is 0.375. The first-order valence-corrected chi connectivity index (χ1v) is 10.3. The number of benzene rings is 2. The number of nitrogens with zero attached hydrogens (tertiary/aromatic N) is 1. The van der Waals surface area contributed by atoms with Gasteiger partial charge in [-0.3, -0.25) is 4.79 Å². The fourth-order valence-electron chi connectivity index (χ4n) is 3.56. The molecule has 0 aliphatic heterocycles. The van der Waals surface area contributed by atoms with Crippen LogP contribution in [0.2, 0.25) is 0 Å². The highest BCUT2D eigenvalue weighted by Crippen LogP contribution is 2.28. The molecule has 0 saturated carbocycles. The fourth-order valence-corrected chi connectivity index (χ4v) is 3.56. The normalized spacial score (nSPS) is 10.9. The molecule has 154 valence electrons. The molecule has 1 N–H and O–H groups in total. The Hall–Kier alpha value is -2.95. The van der Waals surface area contributed by atoms with Gasteiger partial charge in [0.1, 0.15) is 0 Å². The van der Waals surface area contributed by atoms with Gasteiger partial charge in [0.25, 0.3) is 0 Å². The lowest BCUT2D eigenvalue weighted by Gasteiger charge is -2.12. The number of amides is 1. The van der Waals surface area contributed by atoms with E-state index in [1.54, 1.807) is 0 Å². The summed E-state index contributed by atoms with van der Waals surface area (Å²) in [6.07, 6.45) is 4.10. The smallest absolute Gasteiger partial charge is 0.220 e. The molecule has 0 bridgehead atoms. The molecule has 1 aromatic heterocycles. The summed E-state index contributed by atoms with van der Waals surface area (Å²) in [6, 6.07) is 14.3. The largest absolute Gasteiger partial charge is 0.490 e. The van der Waals surface area contributed by atoms with E-state index in [1.165, 1.54) is 16.5 Å². The Morgan fingerprint density at radius 2 is 1.76 bits per heavy atom. The van der Waals surface area contributed by atoms with Gasteiger partial charge in [-0.25, -0.2) is 0 Å².